The van der Waals surface area contributed by atoms with E-state index in [0.29, 0.717) is 19.6 Å². The molecule has 0 aliphatic rings. The average Bonchev–Trinajstić information content (AvgIpc) is 3.16. The number of hydrogen-bond acceptors (Lipinski definition) is 10. The molecule has 0 aliphatic heterocycles. The Morgan fingerprint density at radius 1 is 0.684 bits per heavy atom. The predicted octanol–water partition coefficient (Wildman–Crippen LogP) is 5.25. The van der Waals surface area contributed by atoms with Crippen LogP contribution in [0.15, 0.2) is 119 Å². The molecule has 0 fully saturated rings. The molecule has 0 unspecified atom stereocenters. The Kier molecular flexibility index (Phi) is 33.5. The zero-order chi connectivity index (χ0) is 41.5. The van der Waals surface area contributed by atoms with Crippen molar-refractivity contribution in [3.05, 3.63) is 131 Å². The molecule has 14 nitrogen and oxygen atoms in total. The minimum absolute atomic E-state index is 0. The van der Waals surface area contributed by atoms with Crippen LogP contribution in [0.1, 0.15) is 81.0 Å². The molecule has 4 aromatic rings. The number of esters is 1. The van der Waals surface area contributed by atoms with Gasteiger partial charge in [0.2, 0.25) is 0 Å². The van der Waals surface area contributed by atoms with E-state index in [4.69, 9.17) is 25.2 Å². The number of carboxylic acid groups (broad SMARTS) is 1. The molecule has 0 saturated carbocycles. The van der Waals surface area contributed by atoms with E-state index in [0.717, 1.165) is 67.3 Å². The van der Waals surface area contributed by atoms with E-state index in [-0.39, 0.29) is 41.7 Å². The molecular formula is C41H62N2O12S2. The minimum Gasteiger partial charge on any atom is -0.744 e. The Hall–Kier alpha value is -4.52. The quantitative estimate of drug-likeness (QED) is 0.0583. The molecule has 0 atom stereocenters. The lowest BCUT2D eigenvalue weighted by Gasteiger charge is -2.05. The maximum Gasteiger partial charge on any atom is 0.306 e. The van der Waals surface area contributed by atoms with Crippen molar-refractivity contribution < 1.29 is 61.7 Å². The van der Waals surface area contributed by atoms with Gasteiger partial charge in [0.15, 0.2) is 0 Å². The summed E-state index contributed by atoms with van der Waals surface area (Å²) in [4.78, 5) is 21.0. The third-order valence-corrected chi connectivity index (χ3v) is 8.84. The van der Waals surface area contributed by atoms with Gasteiger partial charge >= 0.3 is 11.9 Å². The van der Waals surface area contributed by atoms with E-state index in [1.54, 1.807) is 24.3 Å². The van der Waals surface area contributed by atoms with Crippen molar-refractivity contribution in [2.45, 2.75) is 95.6 Å². The fourth-order valence-electron chi connectivity index (χ4n) is 4.03. The van der Waals surface area contributed by atoms with Gasteiger partial charge < -0.3 is 36.4 Å². The molecule has 10 N–H and O–H groups in total. The topological polar surface area (TPSA) is 281 Å². The van der Waals surface area contributed by atoms with Gasteiger partial charge in [0, 0.05) is 12.8 Å². The van der Waals surface area contributed by atoms with Crippen molar-refractivity contribution >= 4 is 32.2 Å². The van der Waals surface area contributed by atoms with Crippen molar-refractivity contribution in [2.24, 2.45) is 5.73 Å². The molecular weight excluding hydrogens is 777 g/mol. The molecule has 4 rings (SSSR count). The number of carbonyl (C=O) groups excluding carboxylic acids is 1. The number of benzene rings is 4. The van der Waals surface area contributed by atoms with Crippen LogP contribution >= 0.6 is 0 Å². The van der Waals surface area contributed by atoms with E-state index in [9.17, 15) is 31.0 Å². The van der Waals surface area contributed by atoms with Gasteiger partial charge in [-0.2, -0.15) is 8.42 Å². The van der Waals surface area contributed by atoms with Crippen LogP contribution < -0.4 is 11.5 Å². The fraction of sp³-hybridized carbons (Fsp3) is 0.366. The Morgan fingerprint density at radius 2 is 1.12 bits per heavy atom. The number of rotatable bonds is 15. The minimum atomic E-state index is -4.27. The van der Waals surface area contributed by atoms with Crippen molar-refractivity contribution in [1.82, 2.24) is 0 Å². The normalized spacial score (nSPS) is 10.0. The fourth-order valence-corrected chi connectivity index (χ4v) is 4.98. The van der Waals surface area contributed by atoms with Gasteiger partial charge in [-0.05, 0) is 87.9 Å². The molecule has 0 bridgehead atoms. The number of hydrogen-bond donors (Lipinski definition) is 5. The van der Waals surface area contributed by atoms with Crippen molar-refractivity contribution in [2.75, 3.05) is 13.1 Å². The Balaban J connectivity index is -0.000000647. The number of nitrogens with two attached hydrogens (primary N) is 1. The summed E-state index contributed by atoms with van der Waals surface area (Å²) in [6, 6.07) is 31.0. The highest BCUT2D eigenvalue weighted by Gasteiger charge is 2.07. The summed E-state index contributed by atoms with van der Waals surface area (Å²) in [7, 11) is -8.29. The average molecular weight is 839 g/mol. The second-order valence-corrected chi connectivity index (χ2v) is 14.8. The number of aliphatic carboxylic acids is 1. The molecule has 320 valence electrons. The van der Waals surface area contributed by atoms with Gasteiger partial charge in [-0.25, -0.2) is 8.42 Å². The van der Waals surface area contributed by atoms with Gasteiger partial charge in [-0.15, -0.1) is 0 Å². The third-order valence-electron chi connectivity index (χ3n) is 7.12. The monoisotopic (exact) mass is 838 g/mol. The van der Waals surface area contributed by atoms with Crippen LogP contribution in [0, 0.1) is 13.8 Å². The largest absolute Gasteiger partial charge is 0.744 e. The standard InChI is InChI=1S/C13H19NO2.2C7H8O3S.C7H8O.C6H13NO2.CH4.H2O/c14-10-6-2-5-9-13(15)16-11-12-7-3-1-4-8-12;2*1-6-2-4-7(5-3-6)11(8,9)10;8-6-7-4-2-1-3-5-7;7-5-3-1-2-4-6(8)9;;/h1,3-4,7-8H,2,5-6,9-11,14H2;2*2-5H,1H3,(H,8,9,10);1-5,8H,6H2;1-5,7H2,(H,8,9);1H4;1H2. The molecule has 16 heteroatoms. The molecule has 0 spiro atoms. The molecule has 0 saturated heterocycles. The van der Waals surface area contributed by atoms with E-state index in [1.807, 2.05) is 74.5 Å². The first-order valence-corrected chi connectivity index (χ1v) is 20.5. The van der Waals surface area contributed by atoms with E-state index >= 15 is 0 Å². The summed E-state index contributed by atoms with van der Waals surface area (Å²) < 4.78 is 65.9. The first-order valence-electron chi connectivity index (χ1n) is 17.7. The number of unbranched alkanes of at least 4 members (excludes halogenated alkanes) is 4. The smallest absolute Gasteiger partial charge is 0.306 e. The number of carboxylic acids is 1. The van der Waals surface area contributed by atoms with Crippen LogP contribution in [0.25, 0.3) is 0 Å². The summed E-state index contributed by atoms with van der Waals surface area (Å²) in [6.07, 6.45) is 6.48. The molecule has 57 heavy (non-hydrogen) atoms. The number of ether oxygens (including phenoxy) is 1. The lowest BCUT2D eigenvalue weighted by atomic mass is 10.2. The summed E-state index contributed by atoms with van der Waals surface area (Å²) in [5.41, 5.74) is 12.8. The summed E-state index contributed by atoms with van der Waals surface area (Å²) in [5.74, 6) is -0.820. The van der Waals surface area contributed by atoms with Crippen molar-refractivity contribution in [3.63, 3.8) is 0 Å². The lowest BCUT2D eigenvalue weighted by molar-refractivity contribution is -0.368. The molecule has 0 aliphatic carbocycles. The second kappa shape index (κ2) is 33.6. The number of aryl methyl sites for hydroxylation is 2. The Morgan fingerprint density at radius 3 is 1.51 bits per heavy atom. The van der Waals surface area contributed by atoms with Crippen LogP contribution in [0.4, 0.5) is 0 Å². The SMILES string of the molecule is C.Cc1ccc(S(=O)(=O)O)cc1.Cc1ccc(S(=O)(=O)[O-])cc1.NCCCCCC(=O)O.O.OCc1ccccc1.[NH3+]CCCCCC(=O)OCc1ccccc1. The first-order chi connectivity index (χ1) is 26.0. The number of aliphatic hydroxyl groups excluding tert-OH is 1. The van der Waals surface area contributed by atoms with Crippen LogP contribution in [-0.4, -0.2) is 66.7 Å². The first kappa shape index (κ1) is 56.8. The van der Waals surface area contributed by atoms with Gasteiger partial charge in [0.1, 0.15) is 16.7 Å². The Labute approximate surface area is 338 Å². The number of aliphatic hydroxyl groups is 1. The Bertz CT molecular complexity index is 1740. The molecule has 0 amide bonds. The third kappa shape index (κ3) is 32.3. The number of quaternary nitrogens is 1. The van der Waals surface area contributed by atoms with Crippen LogP contribution in [0.3, 0.4) is 0 Å². The maximum atomic E-state index is 11.3. The van der Waals surface area contributed by atoms with Crippen molar-refractivity contribution in [3.8, 4) is 0 Å². The van der Waals surface area contributed by atoms with Crippen LogP contribution in [0.5, 0.6) is 0 Å². The second-order valence-electron chi connectivity index (χ2n) is 12.0. The van der Waals surface area contributed by atoms with Crippen LogP contribution in [-0.2, 0) is 47.8 Å². The maximum absolute atomic E-state index is 11.3. The highest BCUT2D eigenvalue weighted by Crippen LogP contribution is 2.10. The van der Waals surface area contributed by atoms with E-state index in [2.05, 4.69) is 5.73 Å². The van der Waals surface area contributed by atoms with Gasteiger partial charge in [-0.3, -0.25) is 14.1 Å². The molecule has 4 aromatic carbocycles. The van der Waals surface area contributed by atoms with E-state index < -0.39 is 26.2 Å². The molecule has 0 heterocycles. The number of carbonyl (C=O) groups is 2. The van der Waals surface area contributed by atoms with Gasteiger partial charge in [0.05, 0.1) is 22.9 Å². The molecule has 0 aromatic heterocycles. The summed E-state index contributed by atoms with van der Waals surface area (Å²) in [6.45, 7) is 5.80. The van der Waals surface area contributed by atoms with Gasteiger partial charge in [-0.1, -0.05) is 110 Å². The summed E-state index contributed by atoms with van der Waals surface area (Å²) in [5, 5.41) is 16.7. The van der Waals surface area contributed by atoms with Gasteiger partial charge in [0.25, 0.3) is 10.1 Å². The van der Waals surface area contributed by atoms with E-state index in [1.165, 1.54) is 24.3 Å². The zero-order valence-corrected chi connectivity index (χ0v) is 33.7. The van der Waals surface area contributed by atoms with Crippen LogP contribution in [0.2, 0.25) is 0 Å². The lowest BCUT2D eigenvalue weighted by Crippen LogP contribution is -2.50. The highest BCUT2D eigenvalue weighted by atomic mass is 32.2. The molecule has 0 radical (unpaired) electrons. The van der Waals surface area contributed by atoms with Crippen molar-refractivity contribution in [1.29, 1.82) is 0 Å². The summed E-state index contributed by atoms with van der Waals surface area (Å²) >= 11 is 0. The highest BCUT2D eigenvalue weighted by molar-refractivity contribution is 7.86. The zero-order valence-electron chi connectivity index (χ0n) is 32.1. The predicted molar refractivity (Wildman–Crippen MR) is 220 cm³/mol.